The van der Waals surface area contributed by atoms with Crippen molar-refractivity contribution in [1.29, 1.82) is 0 Å². The maximum Gasteiger partial charge on any atom is 0.291 e. The first kappa shape index (κ1) is 25.3. The number of pyridine rings is 1. The molecule has 10 heteroatoms. The fraction of sp³-hybridized carbons (Fsp3) is 0.269. The van der Waals surface area contributed by atoms with Crippen LogP contribution in [0.1, 0.15) is 74.6 Å². The quantitative estimate of drug-likeness (QED) is 0.280. The molecule has 7 nitrogen and oxygen atoms in total. The molecule has 0 saturated carbocycles. The van der Waals surface area contributed by atoms with Gasteiger partial charge < -0.3 is 20.2 Å². The van der Waals surface area contributed by atoms with Crippen LogP contribution in [0, 0.1) is 13.8 Å². The number of ether oxygens (including phenoxy) is 1. The maximum atomic E-state index is 13.2. The minimum Gasteiger partial charge on any atom is -0.485 e. The van der Waals surface area contributed by atoms with Gasteiger partial charge in [0.15, 0.2) is 5.76 Å². The third kappa shape index (κ3) is 5.08. The number of nitrogens with two attached hydrogens (primary N) is 1. The number of aromatic nitrogens is 1. The second-order valence-electron chi connectivity index (χ2n) is 8.72. The summed E-state index contributed by atoms with van der Waals surface area (Å²) in [5, 5.41) is 3.03. The number of alkyl halides is 2. The highest BCUT2D eigenvalue weighted by atomic mass is 32.1. The van der Waals surface area contributed by atoms with Gasteiger partial charge in [0, 0.05) is 5.39 Å². The summed E-state index contributed by atoms with van der Waals surface area (Å²) in [4.78, 5) is 29.1. The molecule has 3 N–H and O–H groups in total. The second kappa shape index (κ2) is 10.1. The van der Waals surface area contributed by atoms with E-state index in [1.165, 1.54) is 12.1 Å². The standard InChI is InChI=1S/C26H25F2N3O4S/c1-12(2)16-7-5-13(3)9-19(16)34-11-15-6-8-18(35-15)25(33)31-21-20-14(4)10-17(23(27)28)30-26(20)36-22(21)24(29)32/h5-10,12,23H,11H2,1-4H3,(H2,29,32)(H,31,33). The van der Waals surface area contributed by atoms with Gasteiger partial charge >= 0.3 is 0 Å². The van der Waals surface area contributed by atoms with Gasteiger partial charge in [-0.25, -0.2) is 13.8 Å². The second-order valence-corrected chi connectivity index (χ2v) is 9.72. The minimum absolute atomic E-state index is 0.00786. The molecule has 0 atom stereocenters. The molecule has 1 aromatic carbocycles. The topological polar surface area (TPSA) is 107 Å². The van der Waals surface area contributed by atoms with Crippen LogP contribution in [0.5, 0.6) is 5.75 Å². The Hall–Kier alpha value is -3.79. The first-order chi connectivity index (χ1) is 17.0. The summed E-state index contributed by atoms with van der Waals surface area (Å²) in [5.74, 6) is 0.00767. The van der Waals surface area contributed by atoms with E-state index in [9.17, 15) is 18.4 Å². The molecule has 0 aliphatic heterocycles. The van der Waals surface area contributed by atoms with E-state index in [-0.39, 0.29) is 33.7 Å². The number of benzene rings is 1. The lowest BCUT2D eigenvalue weighted by atomic mass is 10.0. The van der Waals surface area contributed by atoms with E-state index in [4.69, 9.17) is 14.9 Å². The third-order valence-corrected chi connectivity index (χ3v) is 6.71. The Morgan fingerprint density at radius 1 is 1.17 bits per heavy atom. The van der Waals surface area contributed by atoms with Crippen LogP contribution in [-0.4, -0.2) is 16.8 Å². The molecular weight excluding hydrogens is 488 g/mol. The Labute approximate surface area is 210 Å². The summed E-state index contributed by atoms with van der Waals surface area (Å²) in [6, 6.07) is 10.3. The average molecular weight is 514 g/mol. The fourth-order valence-electron chi connectivity index (χ4n) is 3.86. The van der Waals surface area contributed by atoms with Crippen LogP contribution >= 0.6 is 11.3 Å². The maximum absolute atomic E-state index is 13.2. The van der Waals surface area contributed by atoms with Crippen LogP contribution in [-0.2, 0) is 6.61 Å². The van der Waals surface area contributed by atoms with Crippen molar-refractivity contribution in [3.8, 4) is 5.75 Å². The van der Waals surface area contributed by atoms with Crippen LogP contribution in [0.4, 0.5) is 14.5 Å². The van der Waals surface area contributed by atoms with Crippen LogP contribution in [0.25, 0.3) is 10.2 Å². The number of carbonyl (C=O) groups is 2. The van der Waals surface area contributed by atoms with Crippen molar-refractivity contribution in [3.05, 3.63) is 75.2 Å². The molecule has 36 heavy (non-hydrogen) atoms. The number of amides is 2. The van der Waals surface area contributed by atoms with Crippen molar-refractivity contribution in [3.63, 3.8) is 0 Å². The number of halogens is 2. The Morgan fingerprint density at radius 3 is 2.58 bits per heavy atom. The van der Waals surface area contributed by atoms with E-state index in [0.717, 1.165) is 28.2 Å². The molecule has 3 heterocycles. The van der Waals surface area contributed by atoms with E-state index < -0.39 is 23.9 Å². The van der Waals surface area contributed by atoms with Crippen molar-refractivity contribution in [2.24, 2.45) is 5.73 Å². The van der Waals surface area contributed by atoms with Crippen LogP contribution in [0.3, 0.4) is 0 Å². The summed E-state index contributed by atoms with van der Waals surface area (Å²) >= 11 is 0.846. The predicted molar refractivity (Wildman–Crippen MR) is 134 cm³/mol. The molecule has 0 unspecified atom stereocenters. The van der Waals surface area contributed by atoms with Gasteiger partial charge in [-0.3, -0.25) is 9.59 Å². The van der Waals surface area contributed by atoms with Crippen molar-refractivity contribution < 1.29 is 27.5 Å². The number of nitrogens with one attached hydrogen (secondary N) is 1. The number of rotatable bonds is 8. The molecular formula is C26H25F2N3O4S. The Kier molecular flexibility index (Phi) is 7.07. The molecule has 0 aliphatic rings. The summed E-state index contributed by atoms with van der Waals surface area (Å²) in [7, 11) is 0. The van der Waals surface area contributed by atoms with Crippen LogP contribution in [0.2, 0.25) is 0 Å². The number of hydrogen-bond acceptors (Lipinski definition) is 6. The average Bonchev–Trinajstić information content (AvgIpc) is 3.43. The smallest absolute Gasteiger partial charge is 0.291 e. The van der Waals surface area contributed by atoms with Crippen molar-refractivity contribution in [2.45, 2.75) is 46.6 Å². The molecule has 0 fully saturated rings. The van der Waals surface area contributed by atoms with Gasteiger partial charge in [-0.1, -0.05) is 26.0 Å². The normalized spacial score (nSPS) is 11.4. The first-order valence-corrected chi connectivity index (χ1v) is 12.0. The largest absolute Gasteiger partial charge is 0.485 e. The Balaban J connectivity index is 1.57. The number of primary amides is 1. The molecule has 188 valence electrons. The number of aryl methyl sites for hydroxylation is 2. The SMILES string of the molecule is Cc1ccc(C(C)C)c(OCc2ccc(C(=O)Nc3c(C(N)=O)sc4nc(C(F)F)cc(C)c34)o2)c1. The number of fused-ring (bicyclic) bond motifs is 1. The molecule has 0 saturated heterocycles. The molecule has 4 aromatic rings. The van der Waals surface area contributed by atoms with E-state index in [1.807, 2.05) is 25.1 Å². The van der Waals surface area contributed by atoms with Gasteiger partial charge in [0.1, 0.15) is 33.5 Å². The van der Waals surface area contributed by atoms with Crippen LogP contribution in [0.15, 0.2) is 40.8 Å². The number of carbonyl (C=O) groups excluding carboxylic acids is 2. The molecule has 0 aliphatic carbocycles. The number of hydrogen-bond donors (Lipinski definition) is 2. The van der Waals surface area contributed by atoms with Gasteiger partial charge in [-0.2, -0.15) is 0 Å². The summed E-state index contributed by atoms with van der Waals surface area (Å²) in [5.41, 5.74) is 7.75. The molecule has 3 aromatic heterocycles. The van der Waals surface area contributed by atoms with E-state index in [0.29, 0.717) is 16.7 Å². The molecule has 4 rings (SSSR count). The zero-order valence-electron chi connectivity index (χ0n) is 20.1. The van der Waals surface area contributed by atoms with Gasteiger partial charge in [-0.05, 0) is 60.7 Å². The molecule has 2 amide bonds. The van der Waals surface area contributed by atoms with E-state index in [2.05, 4.69) is 24.1 Å². The van der Waals surface area contributed by atoms with Crippen molar-refractivity contribution >= 4 is 39.1 Å². The van der Waals surface area contributed by atoms with Crippen molar-refractivity contribution in [1.82, 2.24) is 4.98 Å². The lowest BCUT2D eigenvalue weighted by molar-refractivity contribution is 0.0992. The summed E-state index contributed by atoms with van der Waals surface area (Å²) in [6.45, 7) is 7.85. The Morgan fingerprint density at radius 2 is 1.92 bits per heavy atom. The van der Waals surface area contributed by atoms with Crippen molar-refractivity contribution in [2.75, 3.05) is 5.32 Å². The zero-order valence-corrected chi connectivity index (χ0v) is 21.0. The fourth-order valence-corrected chi connectivity index (χ4v) is 4.92. The third-order valence-electron chi connectivity index (χ3n) is 5.61. The van der Waals surface area contributed by atoms with E-state index >= 15 is 0 Å². The molecule has 0 bridgehead atoms. The highest BCUT2D eigenvalue weighted by molar-refractivity contribution is 7.21. The highest BCUT2D eigenvalue weighted by Gasteiger charge is 2.24. The molecule has 0 spiro atoms. The van der Waals surface area contributed by atoms with Gasteiger partial charge in [0.2, 0.25) is 0 Å². The van der Waals surface area contributed by atoms with E-state index in [1.54, 1.807) is 13.0 Å². The highest BCUT2D eigenvalue weighted by Crippen LogP contribution is 2.38. The first-order valence-electron chi connectivity index (χ1n) is 11.2. The summed E-state index contributed by atoms with van der Waals surface area (Å²) < 4.78 is 38.0. The van der Waals surface area contributed by atoms with Gasteiger partial charge in [0.25, 0.3) is 18.2 Å². The Bertz CT molecular complexity index is 1460. The summed E-state index contributed by atoms with van der Waals surface area (Å²) in [6.07, 6.45) is -2.77. The van der Waals surface area contributed by atoms with Crippen LogP contribution < -0.4 is 15.8 Å². The number of thiophene rings is 1. The van der Waals surface area contributed by atoms with Gasteiger partial charge in [-0.15, -0.1) is 11.3 Å². The zero-order chi connectivity index (χ0) is 26.1. The number of nitrogens with zero attached hydrogens (tertiary/aromatic N) is 1. The lowest BCUT2D eigenvalue weighted by Gasteiger charge is -2.14. The number of anilines is 1. The van der Waals surface area contributed by atoms with Gasteiger partial charge in [0.05, 0.1) is 5.69 Å². The predicted octanol–water partition coefficient (Wildman–Crippen LogP) is 6.50. The minimum atomic E-state index is -2.77. The number of furan rings is 1. The lowest BCUT2D eigenvalue weighted by Crippen LogP contribution is -2.16. The molecule has 0 radical (unpaired) electrons. The monoisotopic (exact) mass is 513 g/mol.